The van der Waals surface area contributed by atoms with Crippen LogP contribution in [0, 0.1) is 6.92 Å². The first kappa shape index (κ1) is 19.4. The molecule has 0 aliphatic carbocycles. The molecule has 1 saturated heterocycles. The van der Waals surface area contributed by atoms with Crippen molar-refractivity contribution in [2.45, 2.75) is 26.4 Å². The van der Waals surface area contributed by atoms with E-state index in [1.807, 2.05) is 25.1 Å². The molecule has 0 bridgehead atoms. The van der Waals surface area contributed by atoms with Gasteiger partial charge in [0.05, 0.1) is 20.3 Å². The molecule has 1 heterocycles. The number of nitrogens with one attached hydrogen (secondary N) is 2. The molecule has 0 radical (unpaired) electrons. The summed E-state index contributed by atoms with van der Waals surface area (Å²) in [5.74, 6) is 0.0419. The van der Waals surface area contributed by atoms with Crippen molar-refractivity contribution in [1.82, 2.24) is 0 Å². The van der Waals surface area contributed by atoms with Gasteiger partial charge in [0.2, 0.25) is 0 Å². The molecule has 0 aromatic heterocycles. The largest absolute Gasteiger partial charge is 0.378 e. The van der Waals surface area contributed by atoms with Crippen molar-refractivity contribution >= 4 is 17.3 Å². The SMILES string of the molecule is Cc1ccccc1C[NH+](C)[C@@H](C)C(=O)Nc1ccc(N2CCOCC2)cc1. The lowest BCUT2D eigenvalue weighted by molar-refractivity contribution is -0.907. The standard InChI is InChI=1S/C22H29N3O2/c1-17-6-4-5-7-19(17)16-24(3)18(2)22(26)23-20-8-10-21(11-9-20)25-12-14-27-15-13-25/h4-11,18H,12-16H2,1-3H3,(H,23,26)/p+1/t18-/m0/s1. The molecule has 2 aromatic carbocycles. The minimum Gasteiger partial charge on any atom is -0.378 e. The first-order valence-electron chi connectivity index (χ1n) is 9.65. The molecule has 27 heavy (non-hydrogen) atoms. The third-order valence-electron chi connectivity index (χ3n) is 5.37. The van der Waals surface area contributed by atoms with E-state index < -0.39 is 0 Å². The first-order valence-corrected chi connectivity index (χ1v) is 9.65. The highest BCUT2D eigenvalue weighted by Gasteiger charge is 2.22. The monoisotopic (exact) mass is 368 g/mol. The number of amides is 1. The normalized spacial score (nSPS) is 16.6. The second-order valence-corrected chi connectivity index (χ2v) is 7.31. The van der Waals surface area contributed by atoms with Gasteiger partial charge in [-0.2, -0.15) is 0 Å². The molecule has 1 fully saturated rings. The fourth-order valence-corrected chi connectivity index (χ4v) is 3.31. The Balaban J connectivity index is 1.56. The Hall–Kier alpha value is -2.37. The summed E-state index contributed by atoms with van der Waals surface area (Å²) >= 11 is 0. The van der Waals surface area contributed by atoms with E-state index in [1.54, 1.807) is 0 Å². The van der Waals surface area contributed by atoms with Crippen LogP contribution in [0.25, 0.3) is 0 Å². The number of rotatable bonds is 6. The van der Waals surface area contributed by atoms with Crippen LogP contribution >= 0.6 is 0 Å². The van der Waals surface area contributed by atoms with Crippen LogP contribution in [0.3, 0.4) is 0 Å². The quantitative estimate of drug-likeness (QED) is 0.818. The highest BCUT2D eigenvalue weighted by atomic mass is 16.5. The van der Waals surface area contributed by atoms with Crippen molar-refractivity contribution < 1.29 is 14.4 Å². The van der Waals surface area contributed by atoms with E-state index in [1.165, 1.54) is 21.7 Å². The number of benzene rings is 2. The molecule has 0 saturated carbocycles. The van der Waals surface area contributed by atoms with E-state index in [2.05, 4.69) is 54.5 Å². The smallest absolute Gasteiger partial charge is 0.282 e. The third kappa shape index (κ3) is 5.08. The summed E-state index contributed by atoms with van der Waals surface area (Å²) in [6, 6.07) is 16.3. The Morgan fingerprint density at radius 3 is 2.48 bits per heavy atom. The average Bonchev–Trinajstić information content (AvgIpc) is 2.70. The molecule has 1 amide bonds. The average molecular weight is 369 g/mol. The van der Waals surface area contributed by atoms with Gasteiger partial charge in [0, 0.05) is 30.0 Å². The Morgan fingerprint density at radius 1 is 1.15 bits per heavy atom. The zero-order chi connectivity index (χ0) is 19.2. The lowest BCUT2D eigenvalue weighted by atomic mass is 10.1. The number of hydrogen-bond donors (Lipinski definition) is 2. The van der Waals surface area contributed by atoms with Crippen LogP contribution < -0.4 is 15.1 Å². The minimum absolute atomic E-state index is 0.0419. The number of carbonyl (C=O) groups excluding carboxylic acids is 1. The van der Waals surface area contributed by atoms with Gasteiger partial charge in [-0.15, -0.1) is 0 Å². The fraction of sp³-hybridized carbons (Fsp3) is 0.409. The predicted octanol–water partition coefficient (Wildman–Crippen LogP) is 1.87. The van der Waals surface area contributed by atoms with Crippen molar-refractivity contribution in [2.24, 2.45) is 0 Å². The highest BCUT2D eigenvalue weighted by molar-refractivity contribution is 5.93. The maximum absolute atomic E-state index is 12.7. The lowest BCUT2D eigenvalue weighted by Gasteiger charge is -2.29. The maximum Gasteiger partial charge on any atom is 0.282 e. The van der Waals surface area contributed by atoms with E-state index in [-0.39, 0.29) is 11.9 Å². The van der Waals surface area contributed by atoms with Crippen LogP contribution in [-0.2, 0) is 16.1 Å². The summed E-state index contributed by atoms with van der Waals surface area (Å²) in [6.45, 7) is 8.29. The van der Waals surface area contributed by atoms with Crippen LogP contribution in [0.4, 0.5) is 11.4 Å². The number of hydrogen-bond acceptors (Lipinski definition) is 3. The van der Waals surface area contributed by atoms with Crippen LogP contribution in [0.1, 0.15) is 18.1 Å². The van der Waals surface area contributed by atoms with E-state index in [0.717, 1.165) is 38.5 Å². The summed E-state index contributed by atoms with van der Waals surface area (Å²) in [6.07, 6.45) is 0. The summed E-state index contributed by atoms with van der Waals surface area (Å²) < 4.78 is 5.40. The van der Waals surface area contributed by atoms with Crippen molar-refractivity contribution in [3.05, 3.63) is 59.7 Å². The number of aryl methyl sites for hydroxylation is 1. The van der Waals surface area contributed by atoms with Crippen molar-refractivity contribution in [1.29, 1.82) is 0 Å². The topological polar surface area (TPSA) is 46.0 Å². The zero-order valence-electron chi connectivity index (χ0n) is 16.5. The molecule has 2 N–H and O–H groups in total. The minimum atomic E-state index is -0.136. The third-order valence-corrected chi connectivity index (χ3v) is 5.37. The van der Waals surface area contributed by atoms with Crippen molar-refractivity contribution in [3.63, 3.8) is 0 Å². The molecule has 2 aromatic rings. The van der Waals surface area contributed by atoms with Crippen molar-refractivity contribution in [2.75, 3.05) is 43.6 Å². The molecular formula is C22H30N3O2+. The summed E-state index contributed by atoms with van der Waals surface area (Å²) in [7, 11) is 2.07. The summed E-state index contributed by atoms with van der Waals surface area (Å²) in [5, 5.41) is 3.05. The van der Waals surface area contributed by atoms with Crippen molar-refractivity contribution in [3.8, 4) is 0 Å². The molecule has 2 atom stereocenters. The molecular weight excluding hydrogens is 338 g/mol. The Kier molecular flexibility index (Phi) is 6.48. The lowest BCUT2D eigenvalue weighted by Crippen LogP contribution is -3.12. The van der Waals surface area contributed by atoms with E-state index in [0.29, 0.717) is 0 Å². The van der Waals surface area contributed by atoms with E-state index in [9.17, 15) is 4.79 Å². The number of morpholine rings is 1. The van der Waals surface area contributed by atoms with Gasteiger partial charge in [-0.25, -0.2) is 0 Å². The van der Waals surface area contributed by atoms with Gasteiger partial charge in [-0.05, 0) is 43.7 Å². The van der Waals surface area contributed by atoms with Gasteiger partial charge < -0.3 is 19.9 Å². The summed E-state index contributed by atoms with van der Waals surface area (Å²) in [5.41, 5.74) is 4.56. The number of likely N-dealkylation sites (N-methyl/N-ethyl adjacent to an activating group) is 1. The Labute approximate surface area is 161 Å². The molecule has 3 rings (SSSR count). The molecule has 5 heteroatoms. The van der Waals surface area contributed by atoms with Crippen LogP contribution in [0.15, 0.2) is 48.5 Å². The van der Waals surface area contributed by atoms with Gasteiger partial charge in [-0.3, -0.25) is 4.79 Å². The Bertz CT molecular complexity index is 754. The second kappa shape index (κ2) is 9.02. The molecule has 1 unspecified atom stereocenters. The van der Waals surface area contributed by atoms with Gasteiger partial charge in [0.15, 0.2) is 6.04 Å². The maximum atomic E-state index is 12.7. The van der Waals surface area contributed by atoms with Crippen LogP contribution in [-0.4, -0.2) is 45.3 Å². The van der Waals surface area contributed by atoms with Gasteiger partial charge in [-0.1, -0.05) is 24.3 Å². The van der Waals surface area contributed by atoms with Crippen LogP contribution in [0.5, 0.6) is 0 Å². The zero-order valence-corrected chi connectivity index (χ0v) is 16.5. The van der Waals surface area contributed by atoms with E-state index >= 15 is 0 Å². The van der Waals surface area contributed by atoms with Gasteiger partial charge in [0.1, 0.15) is 6.54 Å². The number of anilines is 2. The number of carbonyl (C=O) groups is 1. The van der Waals surface area contributed by atoms with Gasteiger partial charge >= 0.3 is 0 Å². The number of ether oxygens (including phenoxy) is 1. The molecule has 5 nitrogen and oxygen atoms in total. The summed E-state index contributed by atoms with van der Waals surface area (Å²) in [4.78, 5) is 16.1. The van der Waals surface area contributed by atoms with Gasteiger partial charge in [0.25, 0.3) is 5.91 Å². The molecule has 144 valence electrons. The Morgan fingerprint density at radius 2 is 1.81 bits per heavy atom. The second-order valence-electron chi connectivity index (χ2n) is 7.31. The first-order chi connectivity index (χ1) is 13.0. The molecule has 1 aliphatic heterocycles. The number of nitrogens with zero attached hydrogens (tertiary/aromatic N) is 1. The fourth-order valence-electron chi connectivity index (χ4n) is 3.31. The van der Waals surface area contributed by atoms with E-state index in [4.69, 9.17) is 4.74 Å². The highest BCUT2D eigenvalue weighted by Crippen LogP contribution is 2.19. The number of quaternary nitrogens is 1. The predicted molar refractivity (Wildman–Crippen MR) is 109 cm³/mol. The van der Waals surface area contributed by atoms with Crippen LogP contribution in [0.2, 0.25) is 0 Å². The molecule has 0 spiro atoms. The molecule has 1 aliphatic rings.